The van der Waals surface area contributed by atoms with Crippen molar-refractivity contribution in [1.29, 1.82) is 0 Å². The van der Waals surface area contributed by atoms with Crippen LogP contribution in [0.3, 0.4) is 0 Å². The van der Waals surface area contributed by atoms with Gasteiger partial charge in [-0.25, -0.2) is 8.78 Å². The zero-order valence-electron chi connectivity index (χ0n) is 17.1. The number of rotatable bonds is 7. The van der Waals surface area contributed by atoms with Crippen molar-refractivity contribution >= 4 is 34.8 Å². The summed E-state index contributed by atoms with van der Waals surface area (Å²) in [5.41, 5.74) is 1.03. The summed E-state index contributed by atoms with van der Waals surface area (Å²) >= 11 is 12.4. The van der Waals surface area contributed by atoms with E-state index in [9.17, 15) is 13.6 Å². The Morgan fingerprint density at radius 1 is 0.970 bits per heavy atom. The first-order chi connectivity index (χ1) is 15.9. The molecule has 4 rings (SSSR count). The molecule has 168 valence electrons. The smallest absolute Gasteiger partial charge is 0.276 e. The SMILES string of the molecule is O=C(Nc1c(F)cccc1F)c1ccn(Cc2cc(Cl)ccc2OCc2ccccc2Cl)n1. The van der Waals surface area contributed by atoms with E-state index in [2.05, 4.69) is 10.4 Å². The van der Waals surface area contributed by atoms with Crippen molar-refractivity contribution in [1.82, 2.24) is 9.78 Å². The van der Waals surface area contributed by atoms with Gasteiger partial charge >= 0.3 is 0 Å². The third-order valence-electron chi connectivity index (χ3n) is 4.77. The molecule has 4 aromatic rings. The summed E-state index contributed by atoms with van der Waals surface area (Å²) in [5.74, 6) is -1.91. The molecular formula is C24H17Cl2F2N3O2. The quantitative estimate of drug-likeness (QED) is 0.330. The van der Waals surface area contributed by atoms with Gasteiger partial charge in [0.15, 0.2) is 5.69 Å². The van der Waals surface area contributed by atoms with Crippen molar-refractivity contribution in [2.24, 2.45) is 0 Å². The van der Waals surface area contributed by atoms with Gasteiger partial charge in [0.2, 0.25) is 0 Å². The van der Waals surface area contributed by atoms with Gasteiger partial charge in [-0.05, 0) is 42.5 Å². The number of nitrogens with one attached hydrogen (secondary N) is 1. The Balaban J connectivity index is 1.49. The van der Waals surface area contributed by atoms with Crippen molar-refractivity contribution in [2.75, 3.05) is 5.32 Å². The normalized spacial score (nSPS) is 10.8. The minimum Gasteiger partial charge on any atom is -0.488 e. The Kier molecular flexibility index (Phi) is 6.91. The number of nitrogens with zero attached hydrogens (tertiary/aromatic N) is 2. The second-order valence-corrected chi connectivity index (χ2v) is 7.93. The number of para-hydroxylation sites is 1. The van der Waals surface area contributed by atoms with Gasteiger partial charge in [0, 0.05) is 27.4 Å². The van der Waals surface area contributed by atoms with Gasteiger partial charge in [-0.3, -0.25) is 9.48 Å². The number of aromatic nitrogens is 2. The lowest BCUT2D eigenvalue weighted by Crippen LogP contribution is -2.15. The highest BCUT2D eigenvalue weighted by Crippen LogP contribution is 2.26. The minimum atomic E-state index is -0.873. The highest BCUT2D eigenvalue weighted by Gasteiger charge is 2.16. The summed E-state index contributed by atoms with van der Waals surface area (Å²) < 4.78 is 35.1. The van der Waals surface area contributed by atoms with Crippen LogP contribution in [0.4, 0.5) is 14.5 Å². The van der Waals surface area contributed by atoms with Crippen LogP contribution in [0, 0.1) is 11.6 Å². The second kappa shape index (κ2) is 10.0. The topological polar surface area (TPSA) is 56.2 Å². The summed E-state index contributed by atoms with van der Waals surface area (Å²) in [6.45, 7) is 0.509. The molecule has 0 saturated heterocycles. The van der Waals surface area contributed by atoms with Crippen molar-refractivity contribution in [3.8, 4) is 5.75 Å². The third kappa shape index (κ3) is 5.50. The maximum absolute atomic E-state index is 13.8. The Bertz CT molecular complexity index is 1290. The van der Waals surface area contributed by atoms with Crippen molar-refractivity contribution in [3.05, 3.63) is 111 Å². The highest BCUT2D eigenvalue weighted by atomic mass is 35.5. The first-order valence-corrected chi connectivity index (χ1v) is 10.6. The molecule has 0 saturated carbocycles. The molecule has 0 fully saturated rings. The van der Waals surface area contributed by atoms with Crippen molar-refractivity contribution in [2.45, 2.75) is 13.2 Å². The monoisotopic (exact) mass is 487 g/mol. The average Bonchev–Trinajstić information content (AvgIpc) is 3.25. The second-order valence-electron chi connectivity index (χ2n) is 7.08. The van der Waals surface area contributed by atoms with Gasteiger partial charge in [-0.2, -0.15) is 5.10 Å². The molecule has 0 aliphatic carbocycles. The summed E-state index contributed by atoms with van der Waals surface area (Å²) in [4.78, 5) is 12.4. The maximum Gasteiger partial charge on any atom is 0.276 e. The zero-order chi connectivity index (χ0) is 23.4. The summed E-state index contributed by atoms with van der Waals surface area (Å²) in [6, 6.07) is 17.3. The molecule has 5 nitrogen and oxygen atoms in total. The van der Waals surface area contributed by atoms with E-state index in [1.54, 1.807) is 30.5 Å². The largest absolute Gasteiger partial charge is 0.488 e. The Morgan fingerprint density at radius 3 is 2.48 bits per heavy atom. The molecule has 33 heavy (non-hydrogen) atoms. The van der Waals surface area contributed by atoms with Gasteiger partial charge in [0.05, 0.1) is 6.54 Å². The van der Waals surface area contributed by atoms with E-state index in [1.165, 1.54) is 16.8 Å². The van der Waals surface area contributed by atoms with Crippen LogP contribution in [0.2, 0.25) is 10.0 Å². The van der Waals surface area contributed by atoms with Crippen molar-refractivity contribution in [3.63, 3.8) is 0 Å². The third-order valence-corrected chi connectivity index (χ3v) is 5.37. The molecule has 0 aliphatic rings. The molecule has 0 atom stereocenters. The average molecular weight is 488 g/mol. The summed E-state index contributed by atoms with van der Waals surface area (Å²) in [7, 11) is 0. The highest BCUT2D eigenvalue weighted by molar-refractivity contribution is 6.31. The van der Waals surface area contributed by atoms with Crippen LogP contribution in [0.1, 0.15) is 21.6 Å². The van der Waals surface area contributed by atoms with E-state index in [0.717, 1.165) is 23.3 Å². The number of amides is 1. The number of hydrogen-bond acceptors (Lipinski definition) is 3. The van der Waals surface area contributed by atoms with E-state index >= 15 is 0 Å². The van der Waals surface area contributed by atoms with Crippen LogP contribution >= 0.6 is 23.2 Å². The summed E-state index contributed by atoms with van der Waals surface area (Å²) in [6.07, 6.45) is 1.57. The predicted molar refractivity (Wildman–Crippen MR) is 123 cm³/mol. The molecule has 0 aliphatic heterocycles. The van der Waals surface area contributed by atoms with E-state index in [-0.39, 0.29) is 18.8 Å². The van der Waals surface area contributed by atoms with Crippen LogP contribution in [0.15, 0.2) is 72.9 Å². The minimum absolute atomic E-state index is 0.00165. The first kappa shape index (κ1) is 22.8. The number of ether oxygens (including phenoxy) is 1. The molecule has 3 aromatic carbocycles. The van der Waals surface area contributed by atoms with Gasteiger partial charge in [0.25, 0.3) is 5.91 Å². The number of carbonyl (C=O) groups excluding carboxylic acids is 1. The van der Waals surface area contributed by atoms with E-state index in [4.69, 9.17) is 27.9 Å². The number of hydrogen-bond donors (Lipinski definition) is 1. The van der Waals surface area contributed by atoms with Crippen LogP contribution in [0.25, 0.3) is 0 Å². The lowest BCUT2D eigenvalue weighted by atomic mass is 10.2. The van der Waals surface area contributed by atoms with Crippen LogP contribution in [-0.4, -0.2) is 15.7 Å². The van der Waals surface area contributed by atoms with E-state index in [0.29, 0.717) is 15.8 Å². The molecule has 1 amide bonds. The number of anilines is 1. The molecule has 1 heterocycles. The van der Waals surface area contributed by atoms with Crippen LogP contribution in [-0.2, 0) is 13.2 Å². The van der Waals surface area contributed by atoms with E-state index < -0.39 is 23.2 Å². The molecule has 0 spiro atoms. The maximum atomic E-state index is 13.8. The molecule has 0 unspecified atom stereocenters. The number of halogens is 4. The number of carbonyl (C=O) groups is 1. The molecule has 9 heteroatoms. The standard InChI is InChI=1S/C24H17Cl2F2N3O2/c25-17-8-9-22(33-14-15-4-1-2-5-18(15)26)16(12-17)13-31-11-10-21(30-31)24(32)29-23-19(27)6-3-7-20(23)28/h1-12H,13-14H2,(H,29,32). The molecular weight excluding hydrogens is 471 g/mol. The first-order valence-electron chi connectivity index (χ1n) is 9.84. The fourth-order valence-electron chi connectivity index (χ4n) is 3.12. The number of benzene rings is 3. The zero-order valence-corrected chi connectivity index (χ0v) is 18.6. The van der Waals surface area contributed by atoms with Crippen LogP contribution < -0.4 is 10.1 Å². The summed E-state index contributed by atoms with van der Waals surface area (Å²) in [5, 5.41) is 7.53. The Labute approximate surface area is 198 Å². The molecule has 0 radical (unpaired) electrons. The van der Waals surface area contributed by atoms with Crippen molar-refractivity contribution < 1.29 is 18.3 Å². The molecule has 0 bridgehead atoms. The molecule has 1 N–H and O–H groups in total. The Hall–Kier alpha value is -3.42. The lowest BCUT2D eigenvalue weighted by Gasteiger charge is -2.13. The van der Waals surface area contributed by atoms with Gasteiger partial charge < -0.3 is 10.1 Å². The fraction of sp³-hybridized carbons (Fsp3) is 0.0833. The predicted octanol–water partition coefficient (Wildman–Crippen LogP) is 6.35. The van der Waals surface area contributed by atoms with Gasteiger partial charge in [0.1, 0.15) is 29.7 Å². The van der Waals surface area contributed by atoms with Gasteiger partial charge in [-0.1, -0.05) is 47.5 Å². The molecule has 1 aromatic heterocycles. The lowest BCUT2D eigenvalue weighted by molar-refractivity contribution is 0.102. The Morgan fingerprint density at radius 2 is 1.73 bits per heavy atom. The fourth-order valence-corrected chi connectivity index (χ4v) is 3.51. The van der Waals surface area contributed by atoms with E-state index in [1.807, 2.05) is 18.2 Å². The van der Waals surface area contributed by atoms with Gasteiger partial charge in [-0.15, -0.1) is 0 Å². The van der Waals surface area contributed by atoms with Crippen LogP contribution in [0.5, 0.6) is 5.75 Å².